The van der Waals surface area contributed by atoms with Gasteiger partial charge in [0.1, 0.15) is 16.8 Å². The van der Waals surface area contributed by atoms with Crippen LogP contribution < -0.4 is 4.90 Å². The van der Waals surface area contributed by atoms with E-state index in [4.69, 9.17) is 11.6 Å². The molecule has 1 rings (SSSR count). The highest BCUT2D eigenvalue weighted by molar-refractivity contribution is 6.30. The first-order valence-electron chi connectivity index (χ1n) is 6.79. The predicted molar refractivity (Wildman–Crippen MR) is 78.5 cm³/mol. The molecule has 3 nitrogen and oxygen atoms in total. The third kappa shape index (κ3) is 3.58. The molecule has 0 spiro atoms. The van der Waals surface area contributed by atoms with Gasteiger partial charge in [-0.3, -0.25) is 0 Å². The summed E-state index contributed by atoms with van der Waals surface area (Å²) in [5.41, 5.74) is 0.982. The summed E-state index contributed by atoms with van der Waals surface area (Å²) in [7, 11) is 0. The Labute approximate surface area is 116 Å². The molecule has 0 bridgehead atoms. The van der Waals surface area contributed by atoms with Crippen molar-refractivity contribution in [2.45, 2.75) is 47.5 Å². The molecule has 1 heterocycles. The lowest BCUT2D eigenvalue weighted by atomic mass is 10.0. The maximum absolute atomic E-state index is 6.15. The zero-order valence-electron chi connectivity index (χ0n) is 12.1. The first kappa shape index (κ1) is 15.2. The molecule has 1 aromatic rings. The number of anilines is 1. The van der Waals surface area contributed by atoms with Crippen LogP contribution in [0.4, 0.5) is 5.82 Å². The predicted octanol–water partition coefficient (Wildman–Crippen LogP) is 4.01. The van der Waals surface area contributed by atoms with E-state index in [0.717, 1.165) is 30.3 Å². The Bertz CT molecular complexity index is 389. The first-order chi connectivity index (χ1) is 8.53. The molecule has 0 radical (unpaired) electrons. The highest BCUT2D eigenvalue weighted by Gasteiger charge is 2.16. The minimum Gasteiger partial charge on any atom is -0.356 e. The second kappa shape index (κ2) is 6.93. The summed E-state index contributed by atoms with van der Waals surface area (Å²) < 4.78 is 0. The third-order valence-electron chi connectivity index (χ3n) is 3.49. The van der Waals surface area contributed by atoms with E-state index in [9.17, 15) is 0 Å². The van der Waals surface area contributed by atoms with Crippen molar-refractivity contribution < 1.29 is 0 Å². The number of aryl methyl sites for hydroxylation is 1. The van der Waals surface area contributed by atoms with Crippen molar-refractivity contribution in [1.82, 2.24) is 9.97 Å². The van der Waals surface area contributed by atoms with Crippen LogP contribution in [-0.2, 0) is 0 Å². The topological polar surface area (TPSA) is 29.0 Å². The van der Waals surface area contributed by atoms with Gasteiger partial charge >= 0.3 is 0 Å². The third-order valence-corrected chi connectivity index (χ3v) is 3.86. The number of hydrogen-bond donors (Lipinski definition) is 0. The Morgan fingerprint density at radius 3 is 2.22 bits per heavy atom. The summed E-state index contributed by atoms with van der Waals surface area (Å²) in [6.45, 7) is 12.5. The van der Waals surface area contributed by atoms with Crippen LogP contribution >= 0.6 is 11.6 Å². The normalized spacial score (nSPS) is 11.1. The zero-order chi connectivity index (χ0) is 13.7. The van der Waals surface area contributed by atoms with Crippen LogP contribution in [0.5, 0.6) is 0 Å². The van der Waals surface area contributed by atoms with Crippen LogP contribution in [0.15, 0.2) is 0 Å². The van der Waals surface area contributed by atoms with Crippen molar-refractivity contribution >= 4 is 17.4 Å². The van der Waals surface area contributed by atoms with Crippen molar-refractivity contribution in [2.75, 3.05) is 18.0 Å². The highest BCUT2D eigenvalue weighted by atomic mass is 35.5. The van der Waals surface area contributed by atoms with Crippen molar-refractivity contribution in [3.8, 4) is 0 Å². The summed E-state index contributed by atoms with van der Waals surface area (Å²) in [6, 6.07) is 0. The number of nitrogens with zero attached hydrogens (tertiary/aromatic N) is 3. The number of hydrogen-bond acceptors (Lipinski definition) is 3. The van der Waals surface area contributed by atoms with E-state index in [-0.39, 0.29) is 0 Å². The van der Waals surface area contributed by atoms with E-state index < -0.39 is 0 Å². The molecule has 1 aromatic heterocycles. The Hall–Kier alpha value is -0.830. The average Bonchev–Trinajstić information content (AvgIpc) is 2.36. The van der Waals surface area contributed by atoms with Gasteiger partial charge in [0.2, 0.25) is 0 Å². The van der Waals surface area contributed by atoms with Crippen LogP contribution in [0.3, 0.4) is 0 Å². The maximum Gasteiger partial charge on any atom is 0.137 e. The molecule has 18 heavy (non-hydrogen) atoms. The lowest BCUT2D eigenvalue weighted by Gasteiger charge is -2.28. The second-order valence-electron chi connectivity index (χ2n) is 4.73. The van der Waals surface area contributed by atoms with Crippen LogP contribution in [0, 0.1) is 19.8 Å². The van der Waals surface area contributed by atoms with Crippen molar-refractivity contribution in [3.05, 3.63) is 16.5 Å². The molecular weight excluding hydrogens is 246 g/mol. The fourth-order valence-electron chi connectivity index (χ4n) is 2.11. The lowest BCUT2D eigenvalue weighted by molar-refractivity contribution is 0.484. The van der Waals surface area contributed by atoms with Crippen LogP contribution in [0.1, 0.15) is 45.0 Å². The largest absolute Gasteiger partial charge is 0.356 e. The van der Waals surface area contributed by atoms with Gasteiger partial charge in [0.25, 0.3) is 0 Å². The molecule has 0 atom stereocenters. The average molecular weight is 270 g/mol. The van der Waals surface area contributed by atoms with Gasteiger partial charge in [0.15, 0.2) is 0 Å². The maximum atomic E-state index is 6.15. The van der Waals surface area contributed by atoms with Crippen molar-refractivity contribution in [3.63, 3.8) is 0 Å². The van der Waals surface area contributed by atoms with Gasteiger partial charge in [0.05, 0.1) is 0 Å². The summed E-state index contributed by atoms with van der Waals surface area (Å²) in [6.07, 6.45) is 2.40. The smallest absolute Gasteiger partial charge is 0.137 e. The molecule has 0 aliphatic carbocycles. The van der Waals surface area contributed by atoms with Gasteiger partial charge in [-0.25, -0.2) is 9.97 Å². The molecule has 0 N–H and O–H groups in total. The monoisotopic (exact) mass is 269 g/mol. The van der Waals surface area contributed by atoms with Crippen LogP contribution in [-0.4, -0.2) is 23.1 Å². The minimum absolute atomic E-state index is 0.570. The van der Waals surface area contributed by atoms with Crippen LogP contribution in [0.25, 0.3) is 0 Å². The van der Waals surface area contributed by atoms with Crippen molar-refractivity contribution in [2.24, 2.45) is 5.92 Å². The van der Waals surface area contributed by atoms with E-state index in [1.54, 1.807) is 0 Å². The van der Waals surface area contributed by atoms with Gasteiger partial charge in [-0.05, 0) is 26.7 Å². The SMILES string of the molecule is CCC(CC)CN(CC)c1nc(C)nc(Cl)c1C. The molecule has 0 saturated carbocycles. The molecular formula is C14H24ClN3. The van der Waals surface area contributed by atoms with E-state index in [1.807, 2.05) is 13.8 Å². The van der Waals surface area contributed by atoms with Crippen molar-refractivity contribution in [1.29, 1.82) is 0 Å². The lowest BCUT2D eigenvalue weighted by Crippen LogP contribution is -2.30. The van der Waals surface area contributed by atoms with Crippen LogP contribution in [0.2, 0.25) is 5.15 Å². The van der Waals surface area contributed by atoms with E-state index in [0.29, 0.717) is 11.1 Å². The number of halogens is 1. The Morgan fingerprint density at radius 2 is 1.72 bits per heavy atom. The molecule has 0 amide bonds. The van der Waals surface area contributed by atoms with Gasteiger partial charge < -0.3 is 4.90 Å². The summed E-state index contributed by atoms with van der Waals surface area (Å²) in [5.74, 6) is 2.43. The van der Waals surface area contributed by atoms with Gasteiger partial charge in [-0.2, -0.15) is 0 Å². The van der Waals surface area contributed by atoms with Gasteiger partial charge in [-0.1, -0.05) is 38.3 Å². The molecule has 102 valence electrons. The summed E-state index contributed by atoms with van der Waals surface area (Å²) in [5, 5.41) is 0.570. The molecule has 0 saturated heterocycles. The Kier molecular flexibility index (Phi) is 5.86. The molecule has 0 aromatic carbocycles. The van der Waals surface area contributed by atoms with Gasteiger partial charge in [-0.15, -0.1) is 0 Å². The molecule has 0 aliphatic rings. The standard InChI is InChI=1S/C14H24ClN3/c1-6-12(7-2)9-18(8-3)14-10(4)13(15)16-11(5)17-14/h12H,6-9H2,1-5H3. The van der Waals surface area contributed by atoms with E-state index in [2.05, 4.69) is 35.6 Å². The first-order valence-corrected chi connectivity index (χ1v) is 7.16. The Morgan fingerprint density at radius 1 is 1.11 bits per heavy atom. The fraction of sp³-hybridized carbons (Fsp3) is 0.714. The molecule has 4 heteroatoms. The van der Waals surface area contributed by atoms with Gasteiger partial charge in [0, 0.05) is 18.7 Å². The fourth-order valence-corrected chi connectivity index (χ4v) is 2.32. The highest BCUT2D eigenvalue weighted by Crippen LogP contribution is 2.24. The minimum atomic E-state index is 0.570. The molecule has 0 fully saturated rings. The summed E-state index contributed by atoms with van der Waals surface area (Å²) >= 11 is 6.15. The van der Waals surface area contributed by atoms with E-state index >= 15 is 0 Å². The second-order valence-corrected chi connectivity index (χ2v) is 5.09. The van der Waals surface area contributed by atoms with E-state index in [1.165, 1.54) is 12.8 Å². The number of rotatable bonds is 6. The number of aromatic nitrogens is 2. The quantitative estimate of drug-likeness (QED) is 0.731. The summed E-state index contributed by atoms with van der Waals surface area (Å²) in [4.78, 5) is 11.1. The molecule has 0 aliphatic heterocycles. The Balaban J connectivity index is 3.01. The zero-order valence-corrected chi connectivity index (χ0v) is 12.9. The molecule has 0 unspecified atom stereocenters.